The molecule has 0 unspecified atom stereocenters. The van der Waals surface area contributed by atoms with Gasteiger partial charge >= 0.3 is 0 Å². The summed E-state index contributed by atoms with van der Waals surface area (Å²) in [5, 5.41) is 1.75. The summed E-state index contributed by atoms with van der Waals surface area (Å²) in [6, 6.07) is 12.6. The summed E-state index contributed by atoms with van der Waals surface area (Å²) in [5.41, 5.74) is 3.20. The number of aromatic amines is 1. The summed E-state index contributed by atoms with van der Waals surface area (Å²) in [4.78, 5) is 27.4. The van der Waals surface area contributed by atoms with Crippen LogP contribution < -0.4 is 15.0 Å². The van der Waals surface area contributed by atoms with Crippen LogP contribution in [0.2, 0.25) is 0 Å². The van der Waals surface area contributed by atoms with Crippen molar-refractivity contribution < 1.29 is 14.3 Å². The van der Waals surface area contributed by atoms with Crippen LogP contribution in [0.4, 0.5) is 0 Å². The Hall–Kier alpha value is -3.54. The molecule has 0 aliphatic carbocycles. The lowest BCUT2D eigenvalue weighted by molar-refractivity contribution is 0.112. The van der Waals surface area contributed by atoms with Crippen molar-refractivity contribution in [2.75, 3.05) is 14.2 Å². The standard InChI is InChI=1S/C21H18N2O4/c1-23-20-16(15-8-12(11-24)4-7-18(15)22-20)10-17(21(23)25)14-6-5-13(26-2)9-19(14)27-3/h4-11,22H,1-3H3. The summed E-state index contributed by atoms with van der Waals surface area (Å²) in [7, 11) is 4.86. The topological polar surface area (TPSA) is 73.3 Å². The second kappa shape index (κ2) is 6.32. The molecule has 0 atom stereocenters. The van der Waals surface area contributed by atoms with Crippen LogP contribution in [0.1, 0.15) is 10.4 Å². The molecule has 0 saturated carbocycles. The lowest BCUT2D eigenvalue weighted by atomic mass is 10.0. The van der Waals surface area contributed by atoms with Crippen LogP contribution in [0.3, 0.4) is 0 Å². The molecule has 4 aromatic rings. The lowest BCUT2D eigenvalue weighted by Gasteiger charge is -2.11. The zero-order valence-corrected chi connectivity index (χ0v) is 15.2. The number of hydrogen-bond acceptors (Lipinski definition) is 4. The van der Waals surface area contributed by atoms with Crippen LogP contribution in [0.5, 0.6) is 11.5 Å². The number of nitrogens with zero attached hydrogens (tertiary/aromatic N) is 1. The van der Waals surface area contributed by atoms with Crippen LogP contribution in [0.15, 0.2) is 47.3 Å². The van der Waals surface area contributed by atoms with E-state index in [0.29, 0.717) is 33.8 Å². The number of methoxy groups -OCH3 is 2. The second-order valence-electron chi connectivity index (χ2n) is 6.30. The van der Waals surface area contributed by atoms with Crippen LogP contribution >= 0.6 is 0 Å². The van der Waals surface area contributed by atoms with Gasteiger partial charge in [-0.15, -0.1) is 0 Å². The molecule has 0 aliphatic heterocycles. The number of fused-ring (bicyclic) bond motifs is 3. The van der Waals surface area contributed by atoms with Crippen molar-refractivity contribution in [2.24, 2.45) is 7.05 Å². The van der Waals surface area contributed by atoms with Gasteiger partial charge in [0.1, 0.15) is 23.4 Å². The first-order valence-corrected chi connectivity index (χ1v) is 8.40. The van der Waals surface area contributed by atoms with Crippen molar-refractivity contribution in [3.8, 4) is 22.6 Å². The Labute approximate surface area is 155 Å². The lowest BCUT2D eigenvalue weighted by Crippen LogP contribution is -2.19. The molecule has 0 amide bonds. The molecule has 6 nitrogen and oxygen atoms in total. The highest BCUT2D eigenvalue weighted by Gasteiger charge is 2.16. The van der Waals surface area contributed by atoms with Crippen molar-refractivity contribution in [2.45, 2.75) is 0 Å². The third kappa shape index (κ3) is 2.57. The predicted molar refractivity (Wildman–Crippen MR) is 105 cm³/mol. The number of H-pyrrole nitrogens is 1. The number of rotatable bonds is 4. The quantitative estimate of drug-likeness (QED) is 0.564. The summed E-state index contributed by atoms with van der Waals surface area (Å²) < 4.78 is 12.3. The largest absolute Gasteiger partial charge is 0.497 e. The van der Waals surface area contributed by atoms with Gasteiger partial charge in [0.05, 0.1) is 19.8 Å². The van der Waals surface area contributed by atoms with Gasteiger partial charge in [-0.05, 0) is 36.4 Å². The monoisotopic (exact) mass is 362 g/mol. The molecule has 4 rings (SSSR count). The highest BCUT2D eigenvalue weighted by Crippen LogP contribution is 2.34. The van der Waals surface area contributed by atoms with E-state index < -0.39 is 0 Å². The van der Waals surface area contributed by atoms with Crippen molar-refractivity contribution in [3.63, 3.8) is 0 Å². The van der Waals surface area contributed by atoms with E-state index in [1.54, 1.807) is 44.0 Å². The number of carbonyl (C=O) groups excluding carboxylic acids is 1. The summed E-state index contributed by atoms with van der Waals surface area (Å²) >= 11 is 0. The summed E-state index contributed by atoms with van der Waals surface area (Å²) in [6.07, 6.45) is 0.813. The number of aldehydes is 1. The third-order valence-electron chi connectivity index (χ3n) is 4.84. The van der Waals surface area contributed by atoms with E-state index >= 15 is 0 Å². The van der Waals surface area contributed by atoms with Gasteiger partial charge in [-0.2, -0.15) is 0 Å². The van der Waals surface area contributed by atoms with Gasteiger partial charge in [-0.25, -0.2) is 0 Å². The predicted octanol–water partition coefficient (Wildman–Crippen LogP) is 3.52. The molecule has 0 radical (unpaired) electrons. The fraction of sp³-hybridized carbons (Fsp3) is 0.143. The maximum absolute atomic E-state index is 13.0. The number of aryl methyl sites for hydroxylation is 1. The normalized spacial score (nSPS) is 11.1. The van der Waals surface area contributed by atoms with Gasteiger partial charge in [0.15, 0.2) is 0 Å². The van der Waals surface area contributed by atoms with Gasteiger partial charge in [0.2, 0.25) is 0 Å². The fourth-order valence-corrected chi connectivity index (χ4v) is 3.40. The van der Waals surface area contributed by atoms with Crippen molar-refractivity contribution in [1.82, 2.24) is 9.55 Å². The molecule has 6 heteroatoms. The first kappa shape index (κ1) is 16.9. The van der Waals surface area contributed by atoms with Gasteiger partial charge in [-0.1, -0.05) is 0 Å². The molecule has 0 bridgehead atoms. The summed E-state index contributed by atoms with van der Waals surface area (Å²) in [6.45, 7) is 0. The molecule has 1 N–H and O–H groups in total. The maximum atomic E-state index is 13.0. The van der Waals surface area contributed by atoms with Crippen LogP contribution in [0.25, 0.3) is 33.1 Å². The molecule has 27 heavy (non-hydrogen) atoms. The van der Waals surface area contributed by atoms with Gasteiger partial charge < -0.3 is 14.5 Å². The molecule has 2 heterocycles. The molecule has 136 valence electrons. The molecular weight excluding hydrogens is 344 g/mol. The molecule has 2 aromatic heterocycles. The first-order valence-electron chi connectivity index (χ1n) is 8.40. The first-order chi connectivity index (χ1) is 13.1. The van der Waals surface area contributed by atoms with Crippen LogP contribution in [-0.2, 0) is 7.05 Å². The smallest absolute Gasteiger partial charge is 0.259 e. The fourth-order valence-electron chi connectivity index (χ4n) is 3.40. The van der Waals surface area contributed by atoms with Crippen LogP contribution in [0, 0.1) is 0 Å². The Morgan fingerprint density at radius 1 is 0.963 bits per heavy atom. The number of carbonyl (C=O) groups is 1. The number of aromatic nitrogens is 2. The molecule has 2 aromatic carbocycles. The van der Waals surface area contributed by atoms with E-state index in [-0.39, 0.29) is 5.56 Å². The van der Waals surface area contributed by atoms with Crippen molar-refractivity contribution >= 4 is 28.2 Å². The molecule has 0 fully saturated rings. The Balaban J connectivity index is 2.07. The number of benzene rings is 2. The van der Waals surface area contributed by atoms with Gasteiger partial charge in [-0.3, -0.25) is 14.2 Å². The van der Waals surface area contributed by atoms with Crippen LogP contribution in [-0.4, -0.2) is 30.1 Å². The molecule has 0 aliphatic rings. The Bertz CT molecular complexity index is 1250. The second-order valence-corrected chi connectivity index (χ2v) is 6.30. The maximum Gasteiger partial charge on any atom is 0.259 e. The molecule has 0 saturated heterocycles. The van der Waals surface area contributed by atoms with E-state index in [1.807, 2.05) is 24.3 Å². The average Bonchev–Trinajstić information content (AvgIpc) is 3.08. The summed E-state index contributed by atoms with van der Waals surface area (Å²) in [5.74, 6) is 1.20. The van der Waals surface area contributed by atoms with E-state index in [2.05, 4.69) is 4.98 Å². The zero-order valence-electron chi connectivity index (χ0n) is 15.2. The third-order valence-corrected chi connectivity index (χ3v) is 4.84. The van der Waals surface area contributed by atoms with E-state index in [9.17, 15) is 9.59 Å². The van der Waals surface area contributed by atoms with E-state index in [1.165, 1.54) is 0 Å². The average molecular weight is 362 g/mol. The number of pyridine rings is 1. The Kier molecular flexibility index (Phi) is 3.96. The van der Waals surface area contributed by atoms with Gasteiger partial charge in [0.25, 0.3) is 5.56 Å². The number of ether oxygens (including phenoxy) is 2. The number of hydrogen-bond donors (Lipinski definition) is 1. The van der Waals surface area contributed by atoms with Crippen molar-refractivity contribution in [3.05, 3.63) is 58.4 Å². The van der Waals surface area contributed by atoms with Crippen molar-refractivity contribution in [1.29, 1.82) is 0 Å². The highest BCUT2D eigenvalue weighted by atomic mass is 16.5. The van der Waals surface area contributed by atoms with E-state index in [4.69, 9.17) is 9.47 Å². The molecule has 0 spiro atoms. The zero-order chi connectivity index (χ0) is 19.1. The minimum Gasteiger partial charge on any atom is -0.497 e. The molecular formula is C21H18N2O4. The van der Waals surface area contributed by atoms with Gasteiger partial charge in [0, 0.05) is 40.5 Å². The Morgan fingerprint density at radius 3 is 2.48 bits per heavy atom. The minimum absolute atomic E-state index is 0.145. The Morgan fingerprint density at radius 2 is 1.78 bits per heavy atom. The highest BCUT2D eigenvalue weighted by molar-refractivity contribution is 6.08. The minimum atomic E-state index is -0.145. The van der Waals surface area contributed by atoms with E-state index in [0.717, 1.165) is 22.6 Å². The number of nitrogens with one attached hydrogen (secondary N) is 1. The SMILES string of the molecule is COc1ccc(-c2cc3c4cc(C=O)ccc4[nH]c3n(C)c2=O)c(OC)c1.